The Morgan fingerprint density at radius 1 is 0.562 bits per heavy atom. The number of hydrogen-bond acceptors (Lipinski definition) is 3. The third-order valence-electron chi connectivity index (χ3n) is 4.97. The van der Waals surface area contributed by atoms with E-state index < -0.39 is 5.97 Å². The maximum Gasteiger partial charge on any atom is 0.343 e. The van der Waals surface area contributed by atoms with Crippen molar-refractivity contribution in [1.29, 1.82) is 0 Å². The zero-order chi connectivity index (χ0) is 22.2. The molecule has 0 spiro atoms. The molecule has 0 bridgehead atoms. The van der Waals surface area contributed by atoms with Crippen molar-refractivity contribution in [2.24, 2.45) is 4.99 Å². The van der Waals surface area contributed by atoms with Crippen molar-refractivity contribution in [3.8, 4) is 0 Å². The van der Waals surface area contributed by atoms with E-state index in [-0.39, 0.29) is 0 Å². The van der Waals surface area contributed by atoms with Crippen molar-refractivity contribution in [3.63, 3.8) is 0 Å². The fraction of sp³-hybridized carbons (Fsp3) is 0.0345. The molecule has 0 N–H and O–H groups in total. The van der Waals surface area contributed by atoms with Gasteiger partial charge in [0.25, 0.3) is 0 Å². The van der Waals surface area contributed by atoms with Gasteiger partial charge in [-0.25, -0.2) is 9.79 Å². The maximum absolute atomic E-state index is 13.0. The van der Waals surface area contributed by atoms with Gasteiger partial charge in [0.05, 0.1) is 5.56 Å². The van der Waals surface area contributed by atoms with E-state index in [2.05, 4.69) is 0 Å². The Balaban J connectivity index is 1.90. The van der Waals surface area contributed by atoms with Crippen LogP contribution < -0.4 is 0 Å². The van der Waals surface area contributed by atoms with E-state index in [1.165, 1.54) is 0 Å². The Kier molecular flexibility index (Phi) is 6.69. The monoisotopic (exact) mass is 417 g/mol. The molecule has 0 amide bonds. The van der Waals surface area contributed by atoms with Crippen molar-refractivity contribution in [1.82, 2.24) is 0 Å². The van der Waals surface area contributed by atoms with Gasteiger partial charge >= 0.3 is 5.97 Å². The van der Waals surface area contributed by atoms with Crippen LogP contribution in [0.4, 0.5) is 0 Å². The van der Waals surface area contributed by atoms with Crippen molar-refractivity contribution in [3.05, 3.63) is 144 Å². The average molecular weight is 418 g/mol. The predicted octanol–water partition coefficient (Wildman–Crippen LogP) is 6.88. The summed E-state index contributed by atoms with van der Waals surface area (Å²) in [4.78, 5) is 18.0. The van der Waals surface area contributed by atoms with E-state index in [1.54, 1.807) is 12.1 Å². The van der Waals surface area contributed by atoms with Gasteiger partial charge in [-0.1, -0.05) is 109 Å². The molecule has 0 aromatic heterocycles. The molecule has 0 aliphatic rings. The Bertz CT molecular complexity index is 1230. The van der Waals surface area contributed by atoms with E-state index in [0.29, 0.717) is 17.0 Å². The van der Waals surface area contributed by atoms with Crippen molar-refractivity contribution in [2.75, 3.05) is 0 Å². The number of carbonyl (C=O) groups excluding carboxylic acids is 1. The molecular weight excluding hydrogens is 394 g/mol. The van der Waals surface area contributed by atoms with Gasteiger partial charge in [0.15, 0.2) is 5.76 Å². The standard InChI is InChI=1S/C29H23NO2/c1-22(23-14-6-2-7-15-23)30-27(24-16-8-3-9-17-24)28(25-18-10-4-11-19-25)32-29(31)26-20-12-5-13-21-26/h2-21H,1H3/b28-27+,30-22?. The number of benzene rings is 4. The maximum atomic E-state index is 13.0. The van der Waals surface area contributed by atoms with E-state index in [0.717, 1.165) is 22.4 Å². The molecule has 0 fully saturated rings. The smallest absolute Gasteiger partial charge is 0.343 e. The Hall–Kier alpha value is -4.24. The molecule has 4 aromatic rings. The van der Waals surface area contributed by atoms with E-state index in [9.17, 15) is 4.79 Å². The average Bonchev–Trinajstić information content (AvgIpc) is 2.88. The lowest BCUT2D eigenvalue weighted by atomic mass is 10.1. The molecule has 0 aliphatic heterocycles. The molecule has 0 saturated carbocycles. The van der Waals surface area contributed by atoms with Gasteiger partial charge in [0.1, 0.15) is 5.70 Å². The number of aliphatic imine (C=N–C) groups is 1. The third-order valence-corrected chi connectivity index (χ3v) is 4.97. The number of carbonyl (C=O) groups is 1. The van der Waals surface area contributed by atoms with Crippen LogP contribution >= 0.6 is 0 Å². The first-order chi connectivity index (χ1) is 15.7. The largest absolute Gasteiger partial charge is 0.420 e. The molecule has 0 aliphatic carbocycles. The minimum atomic E-state index is -0.426. The predicted molar refractivity (Wildman–Crippen MR) is 130 cm³/mol. The molecule has 3 heteroatoms. The molecule has 0 heterocycles. The highest BCUT2D eigenvalue weighted by atomic mass is 16.5. The summed E-state index contributed by atoms with van der Waals surface area (Å²) in [5, 5.41) is 0. The van der Waals surface area contributed by atoms with Crippen LogP contribution in [0.1, 0.15) is 34.0 Å². The third kappa shape index (κ3) is 5.08. The zero-order valence-corrected chi connectivity index (χ0v) is 17.8. The number of hydrogen-bond donors (Lipinski definition) is 0. The Labute approximate surface area is 188 Å². The van der Waals surface area contributed by atoms with E-state index in [1.807, 2.05) is 116 Å². The molecule has 3 nitrogen and oxygen atoms in total. The summed E-state index contributed by atoms with van der Waals surface area (Å²) in [6.07, 6.45) is 0. The van der Waals surface area contributed by atoms with Crippen LogP contribution in [0.2, 0.25) is 0 Å². The highest BCUT2D eigenvalue weighted by molar-refractivity contribution is 6.05. The molecule has 0 saturated heterocycles. The first kappa shape index (κ1) is 21.0. The molecule has 0 radical (unpaired) electrons. The van der Waals surface area contributed by atoms with Crippen LogP contribution in [0.15, 0.2) is 126 Å². The second-order valence-corrected chi connectivity index (χ2v) is 7.23. The Morgan fingerprint density at radius 3 is 1.47 bits per heavy atom. The summed E-state index contributed by atoms with van der Waals surface area (Å²) in [5.74, 6) is -0.00798. The summed E-state index contributed by atoms with van der Waals surface area (Å²) >= 11 is 0. The first-order valence-electron chi connectivity index (χ1n) is 10.5. The minimum absolute atomic E-state index is 0.418. The number of ether oxygens (including phenoxy) is 1. The fourth-order valence-electron chi connectivity index (χ4n) is 3.31. The van der Waals surface area contributed by atoms with Crippen LogP contribution in [0.5, 0.6) is 0 Å². The van der Waals surface area contributed by atoms with Crippen LogP contribution in [-0.2, 0) is 4.74 Å². The fourth-order valence-corrected chi connectivity index (χ4v) is 3.31. The highest BCUT2D eigenvalue weighted by Crippen LogP contribution is 2.30. The topological polar surface area (TPSA) is 38.7 Å². The Morgan fingerprint density at radius 2 is 0.969 bits per heavy atom. The zero-order valence-electron chi connectivity index (χ0n) is 17.8. The summed E-state index contributed by atoms with van der Waals surface area (Å²) in [7, 11) is 0. The van der Waals surface area contributed by atoms with Crippen molar-refractivity contribution < 1.29 is 9.53 Å². The van der Waals surface area contributed by atoms with Gasteiger partial charge in [0.2, 0.25) is 0 Å². The normalized spacial score (nSPS) is 12.1. The van der Waals surface area contributed by atoms with Crippen LogP contribution in [0, 0.1) is 0 Å². The molecule has 32 heavy (non-hydrogen) atoms. The van der Waals surface area contributed by atoms with Crippen molar-refractivity contribution >= 4 is 23.1 Å². The SMILES string of the molecule is CC(=N/C(=C(/OC(=O)c1ccccc1)c1ccccc1)c1ccccc1)c1ccccc1. The second-order valence-electron chi connectivity index (χ2n) is 7.23. The lowest BCUT2D eigenvalue weighted by Crippen LogP contribution is -2.07. The minimum Gasteiger partial charge on any atom is -0.420 e. The lowest BCUT2D eigenvalue weighted by molar-refractivity contribution is 0.0692. The van der Waals surface area contributed by atoms with Gasteiger partial charge < -0.3 is 4.74 Å². The van der Waals surface area contributed by atoms with Gasteiger partial charge in [0, 0.05) is 16.8 Å². The van der Waals surface area contributed by atoms with Gasteiger partial charge in [-0.3, -0.25) is 0 Å². The summed E-state index contributed by atoms with van der Waals surface area (Å²) in [6.45, 7) is 1.96. The molecule has 156 valence electrons. The van der Waals surface area contributed by atoms with Gasteiger partial charge in [-0.05, 0) is 24.6 Å². The van der Waals surface area contributed by atoms with E-state index in [4.69, 9.17) is 9.73 Å². The summed E-state index contributed by atoms with van der Waals surface area (Å²) in [5.41, 5.74) is 4.55. The van der Waals surface area contributed by atoms with Gasteiger partial charge in [-0.2, -0.15) is 0 Å². The number of rotatable bonds is 6. The van der Waals surface area contributed by atoms with Crippen molar-refractivity contribution in [2.45, 2.75) is 6.92 Å². The first-order valence-corrected chi connectivity index (χ1v) is 10.5. The summed E-state index contributed by atoms with van der Waals surface area (Å²) in [6, 6.07) is 38.3. The molecule has 4 aromatic carbocycles. The molecular formula is C29H23NO2. The molecule has 4 rings (SSSR count). The number of nitrogens with zero attached hydrogens (tertiary/aromatic N) is 1. The highest BCUT2D eigenvalue weighted by Gasteiger charge is 2.18. The molecule has 0 atom stereocenters. The van der Waals surface area contributed by atoms with Gasteiger partial charge in [-0.15, -0.1) is 0 Å². The lowest BCUT2D eigenvalue weighted by Gasteiger charge is -2.15. The van der Waals surface area contributed by atoms with Crippen LogP contribution in [0.3, 0.4) is 0 Å². The number of esters is 1. The summed E-state index contributed by atoms with van der Waals surface area (Å²) < 4.78 is 6.01. The second kappa shape index (κ2) is 10.2. The quantitative estimate of drug-likeness (QED) is 0.148. The molecule has 0 unspecified atom stereocenters. The van der Waals surface area contributed by atoms with Crippen LogP contribution in [-0.4, -0.2) is 11.7 Å². The van der Waals surface area contributed by atoms with Crippen LogP contribution in [0.25, 0.3) is 11.5 Å². The van der Waals surface area contributed by atoms with E-state index >= 15 is 0 Å².